The molecule has 2 aromatic rings. The quantitative estimate of drug-likeness (QED) is 0.870. The summed E-state index contributed by atoms with van der Waals surface area (Å²) < 4.78 is 1.14. The highest BCUT2D eigenvalue weighted by Crippen LogP contribution is 2.17. The van der Waals surface area contributed by atoms with Gasteiger partial charge in [0, 0.05) is 30.2 Å². The predicted octanol–water partition coefficient (Wildman–Crippen LogP) is 3.41. The first-order chi connectivity index (χ1) is 10.1. The van der Waals surface area contributed by atoms with Crippen molar-refractivity contribution in [3.63, 3.8) is 0 Å². The lowest BCUT2D eigenvalue weighted by atomic mass is 10.1. The van der Waals surface area contributed by atoms with E-state index in [1.165, 1.54) is 11.1 Å². The Morgan fingerprint density at radius 3 is 2.29 bits per heavy atom. The molecule has 0 saturated heterocycles. The smallest absolute Gasteiger partial charge is 0.251 e. The molecular formula is C17H19BrN2O. The SMILES string of the molecule is CNC(=O)c1ccc(CNCc2ccc(Br)c(C)c2)cc1. The molecule has 0 unspecified atom stereocenters. The van der Waals surface area contributed by atoms with Gasteiger partial charge in [-0.15, -0.1) is 0 Å². The molecule has 2 N–H and O–H groups in total. The third-order valence-electron chi connectivity index (χ3n) is 3.32. The molecule has 0 saturated carbocycles. The monoisotopic (exact) mass is 346 g/mol. The van der Waals surface area contributed by atoms with Crippen LogP contribution in [0.25, 0.3) is 0 Å². The number of hydrogen-bond acceptors (Lipinski definition) is 2. The molecule has 0 heterocycles. The largest absolute Gasteiger partial charge is 0.355 e. The molecule has 0 fully saturated rings. The van der Waals surface area contributed by atoms with Crippen molar-refractivity contribution in [3.05, 3.63) is 69.2 Å². The molecule has 4 heteroatoms. The molecular weight excluding hydrogens is 328 g/mol. The van der Waals surface area contributed by atoms with Gasteiger partial charge in [-0.3, -0.25) is 4.79 Å². The van der Waals surface area contributed by atoms with Crippen molar-refractivity contribution < 1.29 is 4.79 Å². The van der Waals surface area contributed by atoms with Gasteiger partial charge in [-0.25, -0.2) is 0 Å². The summed E-state index contributed by atoms with van der Waals surface area (Å²) in [6.07, 6.45) is 0. The first-order valence-electron chi connectivity index (χ1n) is 6.87. The number of carbonyl (C=O) groups is 1. The van der Waals surface area contributed by atoms with E-state index in [-0.39, 0.29) is 5.91 Å². The zero-order chi connectivity index (χ0) is 15.2. The fourth-order valence-corrected chi connectivity index (χ4v) is 2.33. The molecule has 0 aromatic heterocycles. The van der Waals surface area contributed by atoms with Crippen LogP contribution in [0.15, 0.2) is 46.9 Å². The standard InChI is InChI=1S/C17H19BrN2O/c1-12-9-14(5-8-16(12)18)11-20-10-13-3-6-15(7-4-13)17(21)19-2/h3-9,20H,10-11H2,1-2H3,(H,19,21). The Kier molecular flexibility index (Phi) is 5.53. The molecule has 2 aromatic carbocycles. The van der Waals surface area contributed by atoms with Crippen molar-refractivity contribution in [1.82, 2.24) is 10.6 Å². The number of hydrogen-bond donors (Lipinski definition) is 2. The highest BCUT2D eigenvalue weighted by Gasteiger charge is 2.02. The van der Waals surface area contributed by atoms with Crippen LogP contribution < -0.4 is 10.6 Å². The number of benzene rings is 2. The molecule has 0 atom stereocenters. The Bertz CT molecular complexity index is 623. The van der Waals surface area contributed by atoms with E-state index in [4.69, 9.17) is 0 Å². The fraction of sp³-hybridized carbons (Fsp3) is 0.235. The van der Waals surface area contributed by atoms with Crippen LogP contribution in [-0.2, 0) is 13.1 Å². The zero-order valence-corrected chi connectivity index (χ0v) is 13.8. The first-order valence-corrected chi connectivity index (χ1v) is 7.66. The van der Waals surface area contributed by atoms with Gasteiger partial charge in [-0.2, -0.15) is 0 Å². The Balaban J connectivity index is 1.88. The number of aryl methyl sites for hydroxylation is 1. The lowest BCUT2D eigenvalue weighted by Gasteiger charge is -2.07. The third kappa shape index (κ3) is 4.41. The van der Waals surface area contributed by atoms with Crippen LogP contribution in [0.5, 0.6) is 0 Å². The van der Waals surface area contributed by atoms with Gasteiger partial charge in [0.15, 0.2) is 0 Å². The van der Waals surface area contributed by atoms with E-state index in [9.17, 15) is 4.79 Å². The second-order valence-corrected chi connectivity index (χ2v) is 5.82. The number of rotatable bonds is 5. The van der Waals surface area contributed by atoms with Crippen LogP contribution >= 0.6 is 15.9 Å². The normalized spacial score (nSPS) is 10.4. The molecule has 0 spiro atoms. The summed E-state index contributed by atoms with van der Waals surface area (Å²) in [5.74, 6) is -0.0557. The predicted molar refractivity (Wildman–Crippen MR) is 89.3 cm³/mol. The third-order valence-corrected chi connectivity index (χ3v) is 4.21. The second kappa shape index (κ2) is 7.38. The number of amides is 1. The van der Waals surface area contributed by atoms with Crippen molar-refractivity contribution in [1.29, 1.82) is 0 Å². The van der Waals surface area contributed by atoms with E-state index < -0.39 is 0 Å². The summed E-state index contributed by atoms with van der Waals surface area (Å²) in [6.45, 7) is 3.69. The zero-order valence-electron chi connectivity index (χ0n) is 12.2. The van der Waals surface area contributed by atoms with Crippen LogP contribution in [0.2, 0.25) is 0 Å². The van der Waals surface area contributed by atoms with Crippen molar-refractivity contribution >= 4 is 21.8 Å². The number of carbonyl (C=O) groups excluding carboxylic acids is 1. The van der Waals surface area contributed by atoms with E-state index in [1.807, 2.05) is 24.3 Å². The van der Waals surface area contributed by atoms with E-state index >= 15 is 0 Å². The topological polar surface area (TPSA) is 41.1 Å². The summed E-state index contributed by atoms with van der Waals surface area (Å²) in [6, 6.07) is 14.0. The van der Waals surface area contributed by atoms with Crippen molar-refractivity contribution in [2.75, 3.05) is 7.05 Å². The Hall–Kier alpha value is -1.65. The van der Waals surface area contributed by atoms with Gasteiger partial charge >= 0.3 is 0 Å². The Morgan fingerprint density at radius 1 is 1.05 bits per heavy atom. The molecule has 0 bridgehead atoms. The minimum Gasteiger partial charge on any atom is -0.355 e. The lowest BCUT2D eigenvalue weighted by Crippen LogP contribution is -2.18. The first kappa shape index (κ1) is 15.7. The highest BCUT2D eigenvalue weighted by molar-refractivity contribution is 9.10. The van der Waals surface area contributed by atoms with Gasteiger partial charge in [-0.1, -0.05) is 40.2 Å². The summed E-state index contributed by atoms with van der Waals surface area (Å²) in [4.78, 5) is 11.5. The molecule has 21 heavy (non-hydrogen) atoms. The summed E-state index contributed by atoms with van der Waals surface area (Å²) in [5, 5.41) is 6.03. The van der Waals surface area contributed by atoms with E-state index in [0.29, 0.717) is 5.56 Å². The Labute approximate surface area is 133 Å². The summed E-state index contributed by atoms with van der Waals surface area (Å²) in [7, 11) is 1.64. The molecule has 0 aliphatic heterocycles. The average Bonchev–Trinajstić information content (AvgIpc) is 2.51. The van der Waals surface area contributed by atoms with Gasteiger partial charge in [0.05, 0.1) is 0 Å². The van der Waals surface area contributed by atoms with Crippen LogP contribution in [0.1, 0.15) is 27.0 Å². The molecule has 3 nitrogen and oxygen atoms in total. The van der Waals surface area contributed by atoms with Gasteiger partial charge < -0.3 is 10.6 Å². The minimum absolute atomic E-state index is 0.0557. The van der Waals surface area contributed by atoms with Crippen LogP contribution in [-0.4, -0.2) is 13.0 Å². The average molecular weight is 347 g/mol. The maximum absolute atomic E-state index is 11.5. The maximum atomic E-state index is 11.5. The molecule has 2 rings (SSSR count). The van der Waals surface area contributed by atoms with Crippen LogP contribution in [0, 0.1) is 6.92 Å². The van der Waals surface area contributed by atoms with Crippen LogP contribution in [0.3, 0.4) is 0 Å². The van der Waals surface area contributed by atoms with Crippen LogP contribution in [0.4, 0.5) is 0 Å². The fourth-order valence-electron chi connectivity index (χ4n) is 2.09. The Morgan fingerprint density at radius 2 is 1.67 bits per heavy atom. The molecule has 1 amide bonds. The molecule has 0 aliphatic rings. The van der Waals surface area contributed by atoms with Gasteiger partial charge in [0.25, 0.3) is 5.91 Å². The van der Waals surface area contributed by atoms with Gasteiger partial charge in [0.2, 0.25) is 0 Å². The summed E-state index contributed by atoms with van der Waals surface area (Å²) >= 11 is 3.51. The van der Waals surface area contributed by atoms with Gasteiger partial charge in [0.1, 0.15) is 0 Å². The van der Waals surface area contributed by atoms with E-state index in [2.05, 4.69) is 51.7 Å². The second-order valence-electron chi connectivity index (χ2n) is 4.96. The molecule has 0 aliphatic carbocycles. The van der Waals surface area contributed by atoms with E-state index in [1.54, 1.807) is 7.05 Å². The van der Waals surface area contributed by atoms with Crippen molar-refractivity contribution in [2.24, 2.45) is 0 Å². The highest BCUT2D eigenvalue weighted by atomic mass is 79.9. The number of nitrogens with one attached hydrogen (secondary N) is 2. The lowest BCUT2D eigenvalue weighted by molar-refractivity contribution is 0.0963. The van der Waals surface area contributed by atoms with Crippen molar-refractivity contribution in [3.8, 4) is 0 Å². The number of halogens is 1. The minimum atomic E-state index is -0.0557. The van der Waals surface area contributed by atoms with E-state index in [0.717, 1.165) is 23.1 Å². The molecule has 0 radical (unpaired) electrons. The maximum Gasteiger partial charge on any atom is 0.251 e. The van der Waals surface area contributed by atoms with Gasteiger partial charge in [-0.05, 0) is 41.8 Å². The molecule has 110 valence electrons. The summed E-state index contributed by atoms with van der Waals surface area (Å²) in [5.41, 5.74) is 4.35. The van der Waals surface area contributed by atoms with Crippen molar-refractivity contribution in [2.45, 2.75) is 20.0 Å².